The summed E-state index contributed by atoms with van der Waals surface area (Å²) in [6.45, 7) is 2.27. The van der Waals surface area contributed by atoms with E-state index in [1.165, 1.54) is 12.3 Å². The zero-order valence-corrected chi connectivity index (χ0v) is 19.5. The molecule has 0 amide bonds. The summed E-state index contributed by atoms with van der Waals surface area (Å²) < 4.78 is 39.8. The summed E-state index contributed by atoms with van der Waals surface area (Å²) >= 11 is 6.43. The molecule has 3 aromatic heterocycles. The summed E-state index contributed by atoms with van der Waals surface area (Å²) in [5, 5.41) is 11.7. The highest BCUT2D eigenvalue weighted by Gasteiger charge is 2.28. The Balaban J connectivity index is 1.57. The molecule has 1 aliphatic rings. The van der Waals surface area contributed by atoms with E-state index in [2.05, 4.69) is 20.4 Å². The van der Waals surface area contributed by atoms with Crippen LogP contribution >= 0.6 is 11.6 Å². The number of halogens is 1. The van der Waals surface area contributed by atoms with Crippen LogP contribution in [0.3, 0.4) is 0 Å². The molecule has 0 atom stereocenters. The minimum absolute atomic E-state index is 0.128. The number of hydrogen-bond acceptors (Lipinski definition) is 8. The van der Waals surface area contributed by atoms with Gasteiger partial charge < -0.3 is 9.15 Å². The van der Waals surface area contributed by atoms with Gasteiger partial charge in [0.05, 0.1) is 15.6 Å². The second-order valence-corrected chi connectivity index (χ2v) is 9.70. The lowest BCUT2D eigenvalue weighted by Gasteiger charge is -2.10. The van der Waals surface area contributed by atoms with Crippen LogP contribution < -0.4 is 4.74 Å². The normalized spacial score (nSPS) is 13.3. The number of rotatable bonds is 7. The molecule has 0 fully saturated rings. The summed E-state index contributed by atoms with van der Waals surface area (Å²) in [5.74, 6) is 0.849. The third-order valence-corrected chi connectivity index (χ3v) is 7.12. The number of pyridine rings is 1. The van der Waals surface area contributed by atoms with Crippen molar-refractivity contribution in [1.29, 1.82) is 0 Å². The molecule has 11 heteroatoms. The molecule has 4 heterocycles. The van der Waals surface area contributed by atoms with Crippen molar-refractivity contribution in [2.45, 2.75) is 18.4 Å². The molecule has 1 aromatic carbocycles. The van der Waals surface area contributed by atoms with E-state index in [1.54, 1.807) is 36.5 Å². The molecule has 5 rings (SSSR count). The van der Waals surface area contributed by atoms with E-state index in [4.69, 9.17) is 20.8 Å². The molecule has 34 heavy (non-hydrogen) atoms. The Morgan fingerprint density at radius 2 is 1.97 bits per heavy atom. The van der Waals surface area contributed by atoms with Gasteiger partial charge >= 0.3 is 0 Å². The van der Waals surface area contributed by atoms with E-state index in [1.807, 2.05) is 25.1 Å². The highest BCUT2D eigenvalue weighted by Crippen LogP contribution is 2.38. The largest absolute Gasteiger partial charge is 0.483 e. The van der Waals surface area contributed by atoms with Gasteiger partial charge in [-0.05, 0) is 42.5 Å². The minimum Gasteiger partial charge on any atom is -0.483 e. The smallest absolute Gasteiger partial charge is 0.268 e. The van der Waals surface area contributed by atoms with Crippen LogP contribution in [0.2, 0.25) is 5.02 Å². The van der Waals surface area contributed by atoms with Gasteiger partial charge in [0.15, 0.2) is 17.3 Å². The Bertz CT molecular complexity index is 1510. The van der Waals surface area contributed by atoms with E-state index in [0.717, 1.165) is 9.54 Å². The van der Waals surface area contributed by atoms with Gasteiger partial charge in [0.1, 0.15) is 24.6 Å². The molecular formula is C23H18ClN5O4S. The van der Waals surface area contributed by atoms with Crippen LogP contribution in [0.5, 0.6) is 5.75 Å². The number of nitrogens with zero attached hydrogens (tertiary/aromatic N) is 5. The van der Waals surface area contributed by atoms with Crippen LogP contribution in [-0.4, -0.2) is 29.6 Å². The first-order valence-electron chi connectivity index (χ1n) is 10.2. The predicted octanol–water partition coefficient (Wildman–Crippen LogP) is 5.09. The molecule has 0 saturated carbocycles. The van der Waals surface area contributed by atoms with Gasteiger partial charge in [-0.3, -0.25) is 4.98 Å². The van der Waals surface area contributed by atoms with Crippen LogP contribution in [0, 0.1) is 6.92 Å². The molecular weight excluding hydrogens is 478 g/mol. The van der Waals surface area contributed by atoms with Crippen molar-refractivity contribution >= 4 is 27.3 Å². The minimum atomic E-state index is -3.94. The topological polar surface area (TPSA) is 111 Å². The molecule has 1 aliphatic heterocycles. The van der Waals surface area contributed by atoms with Crippen LogP contribution in [0.1, 0.15) is 17.0 Å². The fourth-order valence-corrected chi connectivity index (χ4v) is 5.06. The number of hydrogen-bond donors (Lipinski definition) is 0. The lowest BCUT2D eigenvalue weighted by Crippen LogP contribution is -2.13. The third kappa shape index (κ3) is 4.13. The Morgan fingerprint density at radius 1 is 1.15 bits per heavy atom. The standard InChI is InChI=1S/C23H18ClN5O4S/c1-15-5-7-17(8-6-15)34(30,31)29-11-9-18(24)22(29)20-12-21(23(33-20)19-13-26-28-27-19)32-14-16-4-2-3-10-25-16/h2-12H,13-14H2,1H3. The van der Waals surface area contributed by atoms with Gasteiger partial charge in [-0.15, -0.1) is 5.10 Å². The monoisotopic (exact) mass is 495 g/mol. The summed E-state index contributed by atoms with van der Waals surface area (Å²) in [4.78, 5) is 4.38. The molecule has 0 N–H and O–H groups in total. The quantitative estimate of drug-likeness (QED) is 0.354. The summed E-state index contributed by atoms with van der Waals surface area (Å²) in [5.41, 5.74) is 2.28. The van der Waals surface area contributed by atoms with Gasteiger partial charge in [-0.1, -0.05) is 35.4 Å². The van der Waals surface area contributed by atoms with Crippen LogP contribution in [0.4, 0.5) is 0 Å². The highest BCUT2D eigenvalue weighted by atomic mass is 35.5. The Kier molecular flexibility index (Phi) is 5.76. The molecule has 0 spiro atoms. The number of aryl methyl sites for hydroxylation is 1. The van der Waals surface area contributed by atoms with Gasteiger partial charge in [0, 0.05) is 18.5 Å². The Labute approximate surface area is 200 Å². The number of benzene rings is 1. The van der Waals surface area contributed by atoms with E-state index in [0.29, 0.717) is 22.9 Å². The van der Waals surface area contributed by atoms with Gasteiger partial charge in [-0.25, -0.2) is 12.4 Å². The Hall–Kier alpha value is -3.76. The second-order valence-electron chi connectivity index (χ2n) is 7.48. The van der Waals surface area contributed by atoms with E-state index >= 15 is 0 Å². The number of ether oxygens (including phenoxy) is 1. The SMILES string of the molecule is Cc1ccc(S(=O)(=O)n2ccc(Cl)c2-c2cc(OCc3ccccn3)c(C3=NN=NC3)o2)cc1. The van der Waals surface area contributed by atoms with Crippen LogP contribution in [0.25, 0.3) is 11.5 Å². The second kappa shape index (κ2) is 8.88. The zero-order valence-electron chi connectivity index (χ0n) is 17.9. The highest BCUT2D eigenvalue weighted by molar-refractivity contribution is 7.90. The van der Waals surface area contributed by atoms with Gasteiger partial charge in [-0.2, -0.15) is 5.11 Å². The zero-order chi connectivity index (χ0) is 23.7. The van der Waals surface area contributed by atoms with Crippen LogP contribution in [0.15, 0.2) is 91.7 Å². The molecule has 9 nitrogen and oxygen atoms in total. The van der Waals surface area contributed by atoms with Gasteiger partial charge in [0.25, 0.3) is 10.0 Å². The third-order valence-electron chi connectivity index (χ3n) is 5.13. The van der Waals surface area contributed by atoms with E-state index in [9.17, 15) is 8.42 Å². The first kappa shape index (κ1) is 22.1. The van der Waals surface area contributed by atoms with Crippen molar-refractivity contribution < 1.29 is 17.6 Å². The predicted molar refractivity (Wildman–Crippen MR) is 126 cm³/mol. The van der Waals surface area contributed by atoms with Crippen molar-refractivity contribution in [1.82, 2.24) is 8.96 Å². The lowest BCUT2D eigenvalue weighted by atomic mass is 10.2. The molecule has 0 unspecified atom stereocenters. The molecule has 0 radical (unpaired) electrons. The number of aromatic nitrogens is 2. The van der Waals surface area contributed by atoms with Crippen molar-refractivity contribution in [2.75, 3.05) is 6.54 Å². The molecule has 0 saturated heterocycles. The first-order valence-corrected chi connectivity index (χ1v) is 12.0. The maximum atomic E-state index is 13.4. The fourth-order valence-electron chi connectivity index (χ4n) is 3.41. The molecule has 4 aromatic rings. The average molecular weight is 496 g/mol. The van der Waals surface area contributed by atoms with Crippen molar-refractivity contribution in [3.8, 4) is 17.2 Å². The summed E-state index contributed by atoms with van der Waals surface area (Å²) in [6.07, 6.45) is 3.06. The Morgan fingerprint density at radius 3 is 2.68 bits per heavy atom. The maximum Gasteiger partial charge on any atom is 0.268 e. The van der Waals surface area contributed by atoms with Gasteiger partial charge in [0.2, 0.25) is 0 Å². The lowest BCUT2D eigenvalue weighted by molar-refractivity contribution is 0.296. The fraction of sp³-hybridized carbons (Fsp3) is 0.130. The maximum absolute atomic E-state index is 13.4. The number of furan rings is 1. The first-order chi connectivity index (χ1) is 16.4. The summed E-state index contributed by atoms with van der Waals surface area (Å²) in [7, 11) is -3.94. The van der Waals surface area contributed by atoms with Crippen molar-refractivity contribution in [2.24, 2.45) is 15.4 Å². The van der Waals surface area contributed by atoms with E-state index in [-0.39, 0.29) is 34.5 Å². The van der Waals surface area contributed by atoms with Crippen molar-refractivity contribution in [3.63, 3.8) is 0 Å². The molecule has 0 aliphatic carbocycles. The summed E-state index contributed by atoms with van der Waals surface area (Å²) in [6, 6.07) is 15.1. The van der Waals surface area contributed by atoms with Crippen molar-refractivity contribution in [3.05, 3.63) is 89.0 Å². The van der Waals surface area contributed by atoms with Crippen LogP contribution in [-0.2, 0) is 16.6 Å². The average Bonchev–Trinajstić information content (AvgIpc) is 3.58. The molecule has 172 valence electrons. The molecule has 0 bridgehead atoms. The van der Waals surface area contributed by atoms with E-state index < -0.39 is 10.0 Å².